The van der Waals surface area contributed by atoms with Crippen LogP contribution in [0.3, 0.4) is 0 Å². The van der Waals surface area contributed by atoms with Crippen LogP contribution in [-0.4, -0.2) is 31.6 Å². The molecule has 7 heteroatoms. The predicted molar refractivity (Wildman–Crippen MR) is 72.3 cm³/mol. The number of hydrogen-bond acceptors (Lipinski definition) is 4. The van der Waals surface area contributed by atoms with Gasteiger partial charge in [0.1, 0.15) is 0 Å². The van der Waals surface area contributed by atoms with E-state index in [1.165, 1.54) is 11.3 Å². The van der Waals surface area contributed by atoms with Gasteiger partial charge in [-0.2, -0.15) is 0 Å². The van der Waals surface area contributed by atoms with Gasteiger partial charge in [-0.25, -0.2) is 18.1 Å². The molecule has 0 spiro atoms. The zero-order valence-corrected chi connectivity index (χ0v) is 12.1. The van der Waals surface area contributed by atoms with Gasteiger partial charge in [0.15, 0.2) is 0 Å². The molecular formula is C10H17ClN2O2S2. The first-order valence-electron chi connectivity index (χ1n) is 5.48. The predicted octanol–water partition coefficient (Wildman–Crippen LogP) is 2.19. The molecule has 0 radical (unpaired) electrons. The van der Waals surface area contributed by atoms with Crippen molar-refractivity contribution in [3.8, 4) is 0 Å². The van der Waals surface area contributed by atoms with Crippen molar-refractivity contribution in [2.75, 3.05) is 18.2 Å². The van der Waals surface area contributed by atoms with E-state index < -0.39 is 10.0 Å². The smallest absolute Gasteiger partial charge is 0.211 e. The van der Waals surface area contributed by atoms with Gasteiger partial charge < -0.3 is 0 Å². The Morgan fingerprint density at radius 1 is 1.53 bits per heavy atom. The van der Waals surface area contributed by atoms with E-state index in [1.54, 1.807) is 6.20 Å². The lowest BCUT2D eigenvalue weighted by molar-refractivity contribution is 0.571. The van der Waals surface area contributed by atoms with Crippen LogP contribution in [0, 0.1) is 0 Å². The van der Waals surface area contributed by atoms with Gasteiger partial charge >= 0.3 is 0 Å². The van der Waals surface area contributed by atoms with E-state index in [1.807, 2.05) is 12.3 Å². The summed E-state index contributed by atoms with van der Waals surface area (Å²) in [6, 6.07) is 0. The van der Waals surface area contributed by atoms with Gasteiger partial charge in [0.2, 0.25) is 10.0 Å². The molecule has 1 unspecified atom stereocenters. The summed E-state index contributed by atoms with van der Waals surface area (Å²) in [5, 5.41) is 2.84. The van der Waals surface area contributed by atoms with Crippen LogP contribution in [-0.2, 0) is 10.0 Å². The van der Waals surface area contributed by atoms with E-state index in [4.69, 9.17) is 11.6 Å². The second kappa shape index (κ2) is 7.31. The Labute approximate surface area is 111 Å². The van der Waals surface area contributed by atoms with Crippen LogP contribution in [0.1, 0.15) is 30.7 Å². The highest BCUT2D eigenvalue weighted by molar-refractivity contribution is 7.89. The zero-order chi connectivity index (χ0) is 12.7. The van der Waals surface area contributed by atoms with E-state index in [9.17, 15) is 8.42 Å². The van der Waals surface area contributed by atoms with Gasteiger partial charge in [-0.1, -0.05) is 6.92 Å². The SMILES string of the molecule is CC(CNS(=O)(=O)CCCCCl)c1nccs1. The molecule has 0 fully saturated rings. The van der Waals surface area contributed by atoms with Crippen molar-refractivity contribution < 1.29 is 8.42 Å². The van der Waals surface area contributed by atoms with E-state index in [0.717, 1.165) is 11.4 Å². The molecule has 0 aromatic carbocycles. The zero-order valence-electron chi connectivity index (χ0n) is 9.73. The molecule has 1 N–H and O–H groups in total. The van der Waals surface area contributed by atoms with Crippen LogP contribution in [0.5, 0.6) is 0 Å². The highest BCUT2D eigenvalue weighted by Crippen LogP contribution is 2.16. The summed E-state index contributed by atoms with van der Waals surface area (Å²) in [5.74, 6) is 0.757. The molecular weight excluding hydrogens is 280 g/mol. The van der Waals surface area contributed by atoms with Gasteiger partial charge in [0.05, 0.1) is 10.8 Å². The fourth-order valence-corrected chi connectivity index (χ4v) is 3.40. The molecule has 0 aliphatic carbocycles. The van der Waals surface area contributed by atoms with Crippen molar-refractivity contribution in [2.24, 2.45) is 0 Å². The number of nitrogens with one attached hydrogen (secondary N) is 1. The maximum atomic E-state index is 11.6. The standard InChI is InChI=1S/C10H17ClN2O2S2/c1-9(10-12-5-6-16-10)8-13-17(14,15)7-3-2-4-11/h5-6,9,13H,2-4,7-8H2,1H3. The van der Waals surface area contributed by atoms with Crippen LogP contribution in [0.4, 0.5) is 0 Å². The number of aromatic nitrogens is 1. The molecule has 0 amide bonds. The first-order valence-corrected chi connectivity index (χ1v) is 8.54. The van der Waals surface area contributed by atoms with E-state index in [-0.39, 0.29) is 11.7 Å². The molecule has 0 aliphatic rings. The second-order valence-corrected chi connectivity index (χ2v) is 7.07. The van der Waals surface area contributed by atoms with Gasteiger partial charge in [0.25, 0.3) is 0 Å². The minimum Gasteiger partial charge on any atom is -0.249 e. The number of sulfonamides is 1. The van der Waals surface area contributed by atoms with Crippen LogP contribution in [0.15, 0.2) is 11.6 Å². The molecule has 4 nitrogen and oxygen atoms in total. The third kappa shape index (κ3) is 5.81. The number of hydrogen-bond donors (Lipinski definition) is 1. The molecule has 0 aliphatic heterocycles. The highest BCUT2D eigenvalue weighted by Gasteiger charge is 2.14. The number of rotatable bonds is 8. The van der Waals surface area contributed by atoms with Crippen molar-refractivity contribution in [3.05, 3.63) is 16.6 Å². The summed E-state index contributed by atoms with van der Waals surface area (Å²) < 4.78 is 25.8. The summed E-state index contributed by atoms with van der Waals surface area (Å²) in [6.07, 6.45) is 3.06. The van der Waals surface area contributed by atoms with Gasteiger partial charge in [-0.15, -0.1) is 22.9 Å². The number of thiazole rings is 1. The third-order valence-corrected chi connectivity index (χ3v) is 4.99. The maximum Gasteiger partial charge on any atom is 0.211 e. The lowest BCUT2D eigenvalue weighted by Crippen LogP contribution is -2.29. The summed E-state index contributed by atoms with van der Waals surface area (Å²) in [5.41, 5.74) is 0. The van der Waals surface area contributed by atoms with Crippen molar-refractivity contribution in [1.82, 2.24) is 9.71 Å². The Kier molecular flexibility index (Phi) is 6.40. The molecule has 1 rings (SSSR count). The quantitative estimate of drug-likeness (QED) is 0.591. The number of unbranched alkanes of at least 4 members (excludes halogenated alkanes) is 1. The van der Waals surface area contributed by atoms with Crippen molar-refractivity contribution in [1.29, 1.82) is 0 Å². The minimum atomic E-state index is -3.17. The van der Waals surface area contributed by atoms with Crippen molar-refractivity contribution >= 4 is 33.0 Å². The van der Waals surface area contributed by atoms with E-state index in [2.05, 4.69) is 9.71 Å². The Hall–Kier alpha value is -0.170. The largest absolute Gasteiger partial charge is 0.249 e. The fraction of sp³-hybridized carbons (Fsp3) is 0.700. The maximum absolute atomic E-state index is 11.6. The van der Waals surface area contributed by atoms with E-state index in [0.29, 0.717) is 18.8 Å². The Balaban J connectivity index is 2.34. The average Bonchev–Trinajstić information content (AvgIpc) is 2.80. The molecule has 1 heterocycles. The normalized spacial score (nSPS) is 13.8. The number of alkyl halides is 1. The number of nitrogens with zero attached hydrogens (tertiary/aromatic N) is 1. The summed E-state index contributed by atoms with van der Waals surface area (Å²) in [4.78, 5) is 4.16. The summed E-state index contributed by atoms with van der Waals surface area (Å²) >= 11 is 7.04. The Morgan fingerprint density at radius 2 is 2.29 bits per heavy atom. The molecule has 1 aromatic rings. The average molecular weight is 297 g/mol. The topological polar surface area (TPSA) is 59.1 Å². The Morgan fingerprint density at radius 3 is 2.88 bits per heavy atom. The molecule has 17 heavy (non-hydrogen) atoms. The van der Waals surface area contributed by atoms with Crippen LogP contribution >= 0.6 is 22.9 Å². The lowest BCUT2D eigenvalue weighted by Gasteiger charge is -2.10. The van der Waals surface area contributed by atoms with Gasteiger partial charge in [-0.3, -0.25) is 0 Å². The van der Waals surface area contributed by atoms with Crippen molar-refractivity contribution in [2.45, 2.75) is 25.7 Å². The minimum absolute atomic E-state index is 0.109. The fourth-order valence-electron chi connectivity index (χ4n) is 1.28. The lowest BCUT2D eigenvalue weighted by atomic mass is 10.2. The number of halogens is 1. The molecule has 1 aromatic heterocycles. The third-order valence-electron chi connectivity index (χ3n) is 2.28. The monoisotopic (exact) mass is 296 g/mol. The van der Waals surface area contributed by atoms with Gasteiger partial charge in [-0.05, 0) is 12.8 Å². The first kappa shape index (κ1) is 14.9. The van der Waals surface area contributed by atoms with Crippen LogP contribution in [0.2, 0.25) is 0 Å². The Bertz CT molecular complexity index is 406. The van der Waals surface area contributed by atoms with Gasteiger partial charge in [0, 0.05) is 29.9 Å². The molecule has 0 bridgehead atoms. The summed E-state index contributed by atoms with van der Waals surface area (Å²) in [6.45, 7) is 2.36. The van der Waals surface area contributed by atoms with Crippen LogP contribution in [0.25, 0.3) is 0 Å². The van der Waals surface area contributed by atoms with Crippen LogP contribution < -0.4 is 4.72 Å². The molecule has 98 valence electrons. The van der Waals surface area contributed by atoms with E-state index >= 15 is 0 Å². The molecule has 0 saturated heterocycles. The summed E-state index contributed by atoms with van der Waals surface area (Å²) in [7, 11) is -3.17. The second-order valence-electron chi connectivity index (χ2n) is 3.83. The molecule has 1 atom stereocenters. The first-order chi connectivity index (χ1) is 8.05. The highest BCUT2D eigenvalue weighted by atomic mass is 35.5. The van der Waals surface area contributed by atoms with Crippen molar-refractivity contribution in [3.63, 3.8) is 0 Å². The molecule has 0 saturated carbocycles.